The summed E-state index contributed by atoms with van der Waals surface area (Å²) in [7, 11) is 4.10. The van der Waals surface area contributed by atoms with Crippen LogP contribution in [-0.4, -0.2) is 75.7 Å². The minimum atomic E-state index is 0.722. The first kappa shape index (κ1) is 18.3. The molecule has 138 valence electrons. The van der Waals surface area contributed by atoms with E-state index < -0.39 is 0 Å². The molecule has 0 bridgehead atoms. The van der Waals surface area contributed by atoms with E-state index in [9.17, 15) is 0 Å². The Morgan fingerprint density at radius 2 is 1.96 bits per heavy atom. The summed E-state index contributed by atoms with van der Waals surface area (Å²) in [5, 5.41) is 4.43. The Kier molecular flexibility index (Phi) is 6.43. The van der Waals surface area contributed by atoms with Crippen LogP contribution in [-0.2, 0) is 0 Å². The second kappa shape index (κ2) is 8.77. The fourth-order valence-corrected chi connectivity index (χ4v) is 4.13. The van der Waals surface area contributed by atoms with Crippen LogP contribution >= 0.6 is 11.6 Å². The standard InChI is InChI=1S/C19H30ClN5/c1-21-19(22-14-16-6-5-9-23(2)15-16)25-12-10-24(11-13-25)18-8-4-3-7-17(18)20/h3-4,7-8,16H,5-6,9-15H2,1-2H3,(H,21,22). The number of nitrogens with one attached hydrogen (secondary N) is 1. The molecule has 5 nitrogen and oxygen atoms in total. The largest absolute Gasteiger partial charge is 0.367 e. The predicted molar refractivity (Wildman–Crippen MR) is 107 cm³/mol. The first-order chi connectivity index (χ1) is 12.2. The van der Waals surface area contributed by atoms with E-state index in [2.05, 4.69) is 44.2 Å². The molecule has 1 aromatic rings. The number of piperazine rings is 1. The van der Waals surface area contributed by atoms with Gasteiger partial charge in [-0.15, -0.1) is 0 Å². The molecule has 0 amide bonds. The lowest BCUT2D eigenvalue weighted by Crippen LogP contribution is -2.53. The smallest absolute Gasteiger partial charge is 0.193 e. The van der Waals surface area contributed by atoms with Gasteiger partial charge in [0.25, 0.3) is 0 Å². The van der Waals surface area contributed by atoms with Crippen molar-refractivity contribution in [2.45, 2.75) is 12.8 Å². The Balaban J connectivity index is 1.50. The highest BCUT2D eigenvalue weighted by molar-refractivity contribution is 6.33. The van der Waals surface area contributed by atoms with Crippen LogP contribution in [0.2, 0.25) is 5.02 Å². The normalized spacial score (nSPS) is 23.0. The van der Waals surface area contributed by atoms with Crippen LogP contribution in [0, 0.1) is 5.92 Å². The lowest BCUT2D eigenvalue weighted by molar-refractivity contribution is 0.209. The first-order valence-corrected chi connectivity index (χ1v) is 9.69. The van der Waals surface area contributed by atoms with Crippen LogP contribution in [0.1, 0.15) is 12.8 Å². The van der Waals surface area contributed by atoms with Gasteiger partial charge < -0.3 is 20.0 Å². The summed E-state index contributed by atoms with van der Waals surface area (Å²) in [6.07, 6.45) is 2.62. The van der Waals surface area contributed by atoms with Gasteiger partial charge in [0, 0.05) is 46.3 Å². The molecule has 2 saturated heterocycles. The fourth-order valence-electron chi connectivity index (χ4n) is 3.88. The molecule has 0 aromatic heterocycles. The van der Waals surface area contributed by atoms with Crippen molar-refractivity contribution in [2.24, 2.45) is 10.9 Å². The molecule has 25 heavy (non-hydrogen) atoms. The average molecular weight is 364 g/mol. The van der Waals surface area contributed by atoms with Gasteiger partial charge in [0.15, 0.2) is 5.96 Å². The Bertz CT molecular complexity index is 583. The van der Waals surface area contributed by atoms with Crippen LogP contribution in [0.4, 0.5) is 5.69 Å². The lowest BCUT2D eigenvalue weighted by Gasteiger charge is -2.38. The number of hydrogen-bond acceptors (Lipinski definition) is 3. The van der Waals surface area contributed by atoms with Crippen LogP contribution < -0.4 is 10.2 Å². The van der Waals surface area contributed by atoms with Gasteiger partial charge in [-0.3, -0.25) is 4.99 Å². The molecule has 0 spiro atoms. The summed E-state index contributed by atoms with van der Waals surface area (Å²) in [5.74, 6) is 1.76. The summed E-state index contributed by atoms with van der Waals surface area (Å²) < 4.78 is 0. The number of nitrogens with zero attached hydrogens (tertiary/aromatic N) is 4. The van der Waals surface area contributed by atoms with Crippen molar-refractivity contribution < 1.29 is 0 Å². The highest BCUT2D eigenvalue weighted by atomic mass is 35.5. The fraction of sp³-hybridized carbons (Fsp3) is 0.632. The van der Waals surface area contributed by atoms with E-state index in [1.165, 1.54) is 25.9 Å². The molecule has 0 saturated carbocycles. The van der Waals surface area contributed by atoms with Crippen molar-refractivity contribution in [3.8, 4) is 0 Å². The third-order valence-corrected chi connectivity index (χ3v) is 5.57. The highest BCUT2D eigenvalue weighted by Crippen LogP contribution is 2.26. The van der Waals surface area contributed by atoms with Gasteiger partial charge in [-0.25, -0.2) is 0 Å². The molecule has 6 heteroatoms. The molecule has 2 fully saturated rings. The van der Waals surface area contributed by atoms with Gasteiger partial charge in [-0.2, -0.15) is 0 Å². The molecule has 2 aliphatic heterocycles. The van der Waals surface area contributed by atoms with Gasteiger partial charge in [0.05, 0.1) is 10.7 Å². The Hall–Kier alpha value is -1.46. The number of rotatable bonds is 3. The Labute approximate surface area is 156 Å². The molecule has 0 aliphatic carbocycles. The molecule has 3 rings (SSSR count). The minimum absolute atomic E-state index is 0.722. The number of hydrogen-bond donors (Lipinski definition) is 1. The molecule has 1 unspecified atom stereocenters. The topological polar surface area (TPSA) is 34.1 Å². The zero-order valence-corrected chi connectivity index (χ0v) is 16.2. The number of para-hydroxylation sites is 1. The van der Waals surface area contributed by atoms with E-state index in [0.717, 1.165) is 55.3 Å². The molecule has 0 radical (unpaired) electrons. The Morgan fingerprint density at radius 3 is 2.64 bits per heavy atom. The summed E-state index contributed by atoms with van der Waals surface area (Å²) in [6, 6.07) is 8.10. The summed E-state index contributed by atoms with van der Waals surface area (Å²) in [4.78, 5) is 11.7. The maximum Gasteiger partial charge on any atom is 0.193 e. The van der Waals surface area contributed by atoms with Crippen molar-refractivity contribution >= 4 is 23.2 Å². The van der Waals surface area contributed by atoms with Gasteiger partial charge in [0.1, 0.15) is 0 Å². The van der Waals surface area contributed by atoms with E-state index in [1.54, 1.807) is 0 Å². The highest BCUT2D eigenvalue weighted by Gasteiger charge is 2.22. The third-order valence-electron chi connectivity index (χ3n) is 5.26. The second-order valence-electron chi connectivity index (χ2n) is 7.12. The minimum Gasteiger partial charge on any atom is -0.367 e. The molecular weight excluding hydrogens is 334 g/mol. The maximum absolute atomic E-state index is 6.34. The van der Waals surface area contributed by atoms with E-state index in [0.29, 0.717) is 0 Å². The van der Waals surface area contributed by atoms with E-state index in [1.807, 2.05) is 19.2 Å². The zero-order chi connectivity index (χ0) is 17.6. The Morgan fingerprint density at radius 1 is 1.20 bits per heavy atom. The molecule has 1 aromatic carbocycles. The second-order valence-corrected chi connectivity index (χ2v) is 7.53. The SMILES string of the molecule is CN=C(NCC1CCCN(C)C1)N1CCN(c2ccccc2Cl)CC1. The summed E-state index contributed by atoms with van der Waals surface area (Å²) in [6.45, 7) is 7.30. The summed E-state index contributed by atoms with van der Waals surface area (Å²) >= 11 is 6.34. The molecule has 1 N–H and O–H groups in total. The number of benzene rings is 1. The summed E-state index contributed by atoms with van der Waals surface area (Å²) in [5.41, 5.74) is 1.14. The van der Waals surface area contributed by atoms with Crippen LogP contribution in [0.25, 0.3) is 0 Å². The van der Waals surface area contributed by atoms with Crippen molar-refractivity contribution in [2.75, 3.05) is 64.8 Å². The zero-order valence-electron chi connectivity index (χ0n) is 15.4. The maximum atomic E-state index is 6.34. The molecule has 2 heterocycles. The van der Waals surface area contributed by atoms with Gasteiger partial charge in [0.2, 0.25) is 0 Å². The first-order valence-electron chi connectivity index (χ1n) is 9.31. The van der Waals surface area contributed by atoms with Crippen molar-refractivity contribution in [3.63, 3.8) is 0 Å². The van der Waals surface area contributed by atoms with Crippen molar-refractivity contribution in [1.82, 2.24) is 15.1 Å². The number of aliphatic imine (C=N–C) groups is 1. The predicted octanol–water partition coefficient (Wildman–Crippen LogP) is 2.38. The molecule has 2 aliphatic rings. The van der Waals surface area contributed by atoms with Crippen molar-refractivity contribution in [3.05, 3.63) is 29.3 Å². The number of anilines is 1. The van der Waals surface area contributed by atoms with Crippen LogP contribution in [0.15, 0.2) is 29.3 Å². The van der Waals surface area contributed by atoms with Gasteiger partial charge >= 0.3 is 0 Å². The monoisotopic (exact) mass is 363 g/mol. The molecular formula is C19H30ClN5. The van der Waals surface area contributed by atoms with Crippen LogP contribution in [0.5, 0.6) is 0 Å². The van der Waals surface area contributed by atoms with Crippen molar-refractivity contribution in [1.29, 1.82) is 0 Å². The average Bonchev–Trinajstić information content (AvgIpc) is 2.63. The van der Waals surface area contributed by atoms with E-state index in [-0.39, 0.29) is 0 Å². The quantitative estimate of drug-likeness (QED) is 0.660. The third kappa shape index (κ3) is 4.79. The van der Waals surface area contributed by atoms with Gasteiger partial charge in [-0.1, -0.05) is 23.7 Å². The van der Waals surface area contributed by atoms with Gasteiger partial charge in [-0.05, 0) is 44.5 Å². The van der Waals surface area contributed by atoms with Crippen LogP contribution in [0.3, 0.4) is 0 Å². The number of piperidine rings is 1. The number of halogens is 1. The number of guanidine groups is 1. The van der Waals surface area contributed by atoms with E-state index >= 15 is 0 Å². The molecule has 1 atom stereocenters. The lowest BCUT2D eigenvalue weighted by atomic mass is 9.98. The van der Waals surface area contributed by atoms with E-state index in [4.69, 9.17) is 11.6 Å². The number of likely N-dealkylation sites (tertiary alicyclic amines) is 1.